The van der Waals surface area contributed by atoms with Gasteiger partial charge in [0.2, 0.25) is 0 Å². The quantitative estimate of drug-likeness (QED) is 0.619. The zero-order valence-corrected chi connectivity index (χ0v) is 9.42. The minimum absolute atomic E-state index is 0.380. The lowest BCUT2D eigenvalue weighted by molar-refractivity contribution is 0.895. The highest BCUT2D eigenvalue weighted by Gasteiger charge is 2.08. The van der Waals surface area contributed by atoms with E-state index >= 15 is 0 Å². The van der Waals surface area contributed by atoms with E-state index in [2.05, 4.69) is 29.5 Å². The minimum atomic E-state index is 0.380. The van der Waals surface area contributed by atoms with Crippen molar-refractivity contribution in [1.29, 1.82) is 5.26 Å². The van der Waals surface area contributed by atoms with E-state index in [-0.39, 0.29) is 0 Å². The van der Waals surface area contributed by atoms with Crippen molar-refractivity contribution in [2.24, 2.45) is 0 Å². The van der Waals surface area contributed by atoms with Gasteiger partial charge in [0, 0.05) is 17.8 Å². The van der Waals surface area contributed by atoms with Crippen molar-refractivity contribution in [2.45, 2.75) is 31.0 Å². The Balaban J connectivity index is 2.77. The van der Waals surface area contributed by atoms with Crippen molar-refractivity contribution in [3.63, 3.8) is 0 Å². The van der Waals surface area contributed by atoms with Crippen molar-refractivity contribution in [1.82, 2.24) is 4.98 Å². The number of thiocyanates is 1. The first kappa shape index (κ1) is 10.4. The number of thiazole rings is 1. The molecule has 0 fully saturated rings. The zero-order chi connectivity index (χ0) is 9.84. The molecule has 0 bridgehead atoms. The van der Waals surface area contributed by atoms with Crippen LogP contribution in [0.4, 0.5) is 5.13 Å². The van der Waals surface area contributed by atoms with Gasteiger partial charge < -0.3 is 5.32 Å². The van der Waals surface area contributed by atoms with E-state index < -0.39 is 0 Å². The fraction of sp³-hybridized carbons (Fsp3) is 0.500. The molecule has 1 rings (SSSR count). The third-order valence-electron chi connectivity index (χ3n) is 1.30. The topological polar surface area (TPSA) is 48.7 Å². The molecule has 13 heavy (non-hydrogen) atoms. The molecule has 0 aliphatic heterocycles. The van der Waals surface area contributed by atoms with Crippen molar-refractivity contribution >= 4 is 28.2 Å². The average Bonchev–Trinajstić information content (AvgIpc) is 2.31. The normalized spacial score (nSPS) is 10.1. The third-order valence-corrected chi connectivity index (χ3v) is 3.26. The Morgan fingerprint density at radius 1 is 1.62 bits per heavy atom. The van der Waals surface area contributed by atoms with Gasteiger partial charge in [0.15, 0.2) is 5.13 Å². The van der Waals surface area contributed by atoms with Crippen LogP contribution in [0, 0.1) is 17.6 Å². The van der Waals surface area contributed by atoms with Gasteiger partial charge in [-0.3, -0.25) is 0 Å². The molecule has 0 radical (unpaired) electrons. The summed E-state index contributed by atoms with van der Waals surface area (Å²) in [6, 6.07) is 0.380. The number of hydrogen-bond donors (Lipinski definition) is 1. The molecule has 0 unspecified atom stereocenters. The standard InChI is InChI=1S/C8H11N3S2/c1-5(2)10-8-11-6(3)7(13-8)12-4-9/h5H,1-3H3,(H,10,11). The molecular weight excluding hydrogens is 202 g/mol. The highest BCUT2D eigenvalue weighted by molar-refractivity contribution is 8.05. The minimum Gasteiger partial charge on any atom is -0.359 e. The van der Waals surface area contributed by atoms with Crippen LogP contribution < -0.4 is 5.32 Å². The molecule has 3 nitrogen and oxygen atoms in total. The number of hydrogen-bond acceptors (Lipinski definition) is 5. The number of thioether (sulfide) groups is 1. The first-order valence-corrected chi connectivity index (χ1v) is 5.56. The van der Waals surface area contributed by atoms with Crippen LogP contribution in [0.3, 0.4) is 0 Å². The molecule has 0 saturated heterocycles. The Hall–Kier alpha value is -0.730. The lowest BCUT2D eigenvalue weighted by Gasteiger charge is -2.03. The fourth-order valence-electron chi connectivity index (χ4n) is 0.827. The SMILES string of the molecule is Cc1nc(NC(C)C)sc1SC#N. The molecule has 70 valence electrons. The fourth-order valence-corrected chi connectivity index (χ4v) is 2.46. The first-order valence-electron chi connectivity index (χ1n) is 3.93. The lowest BCUT2D eigenvalue weighted by Crippen LogP contribution is -2.08. The maximum atomic E-state index is 8.51. The number of rotatable bonds is 3. The number of aryl methyl sites for hydroxylation is 1. The summed E-state index contributed by atoms with van der Waals surface area (Å²) in [7, 11) is 0. The van der Waals surface area contributed by atoms with Crippen LogP contribution >= 0.6 is 23.1 Å². The van der Waals surface area contributed by atoms with Crippen molar-refractivity contribution in [3.8, 4) is 5.40 Å². The Labute approximate surface area is 86.2 Å². The van der Waals surface area contributed by atoms with Crippen molar-refractivity contribution < 1.29 is 0 Å². The second kappa shape index (κ2) is 4.49. The van der Waals surface area contributed by atoms with Crippen molar-refractivity contribution in [3.05, 3.63) is 5.69 Å². The summed E-state index contributed by atoms with van der Waals surface area (Å²) in [5.41, 5.74) is 0.930. The van der Waals surface area contributed by atoms with Gasteiger partial charge in [-0.25, -0.2) is 4.98 Å². The zero-order valence-electron chi connectivity index (χ0n) is 7.79. The Kier molecular flexibility index (Phi) is 3.58. The number of nitrogens with zero attached hydrogens (tertiary/aromatic N) is 2. The molecule has 1 aromatic heterocycles. The molecule has 0 atom stereocenters. The van der Waals surface area contributed by atoms with Gasteiger partial charge in [-0.1, -0.05) is 11.3 Å². The summed E-state index contributed by atoms with van der Waals surface area (Å²) in [6.07, 6.45) is 0. The van der Waals surface area contributed by atoms with Gasteiger partial charge in [-0.2, -0.15) is 5.26 Å². The molecule has 0 aromatic carbocycles. The molecule has 1 heterocycles. The van der Waals surface area contributed by atoms with Crippen LogP contribution in [-0.4, -0.2) is 11.0 Å². The van der Waals surface area contributed by atoms with Gasteiger partial charge in [-0.05, 0) is 20.8 Å². The molecular formula is C8H11N3S2. The average molecular weight is 213 g/mol. The van der Waals surface area contributed by atoms with Crippen LogP contribution in [0.15, 0.2) is 4.21 Å². The largest absolute Gasteiger partial charge is 0.359 e. The van der Waals surface area contributed by atoms with Crippen LogP contribution in [0.1, 0.15) is 19.5 Å². The first-order chi connectivity index (χ1) is 6.13. The summed E-state index contributed by atoms with van der Waals surface area (Å²) in [4.78, 5) is 4.30. The van der Waals surface area contributed by atoms with Gasteiger partial charge in [0.25, 0.3) is 0 Å². The van der Waals surface area contributed by atoms with Gasteiger partial charge in [-0.15, -0.1) is 0 Å². The maximum absolute atomic E-state index is 8.51. The van der Waals surface area contributed by atoms with Gasteiger partial charge in [0.05, 0.1) is 9.90 Å². The molecule has 0 spiro atoms. The van der Waals surface area contributed by atoms with E-state index in [1.54, 1.807) is 0 Å². The third kappa shape index (κ3) is 2.90. The van der Waals surface area contributed by atoms with Gasteiger partial charge >= 0.3 is 0 Å². The van der Waals surface area contributed by atoms with E-state index in [0.717, 1.165) is 15.0 Å². The predicted octanol–water partition coefficient (Wildman–Crippen LogP) is 2.85. The summed E-state index contributed by atoms with van der Waals surface area (Å²) >= 11 is 2.70. The molecule has 0 aliphatic carbocycles. The highest BCUT2D eigenvalue weighted by atomic mass is 32.2. The monoisotopic (exact) mass is 213 g/mol. The maximum Gasteiger partial charge on any atom is 0.184 e. The predicted molar refractivity (Wildman–Crippen MR) is 57.1 cm³/mol. The van der Waals surface area contributed by atoms with Crippen molar-refractivity contribution in [2.75, 3.05) is 5.32 Å². The Morgan fingerprint density at radius 3 is 2.85 bits per heavy atom. The molecule has 0 aliphatic rings. The highest BCUT2D eigenvalue weighted by Crippen LogP contribution is 2.31. The van der Waals surface area contributed by atoms with E-state index in [1.165, 1.54) is 23.1 Å². The number of nitrogens with one attached hydrogen (secondary N) is 1. The summed E-state index contributed by atoms with van der Waals surface area (Å²) < 4.78 is 0.977. The summed E-state index contributed by atoms with van der Waals surface area (Å²) in [6.45, 7) is 6.05. The molecule has 1 N–H and O–H groups in total. The van der Waals surface area contributed by atoms with E-state index in [0.29, 0.717) is 6.04 Å². The molecule has 5 heteroatoms. The second-order valence-electron chi connectivity index (χ2n) is 2.88. The van der Waals surface area contributed by atoms with E-state index in [1.807, 2.05) is 6.92 Å². The van der Waals surface area contributed by atoms with E-state index in [4.69, 9.17) is 5.26 Å². The summed E-state index contributed by atoms with van der Waals surface area (Å²) in [5.74, 6) is 0. The lowest BCUT2D eigenvalue weighted by atomic mass is 10.4. The number of aromatic nitrogens is 1. The molecule has 1 aromatic rings. The Bertz CT molecular complexity index is 325. The van der Waals surface area contributed by atoms with Crippen LogP contribution in [-0.2, 0) is 0 Å². The van der Waals surface area contributed by atoms with Crippen LogP contribution in [0.25, 0.3) is 0 Å². The number of anilines is 1. The van der Waals surface area contributed by atoms with E-state index in [9.17, 15) is 0 Å². The smallest absolute Gasteiger partial charge is 0.184 e. The molecule has 0 saturated carbocycles. The number of nitriles is 1. The van der Waals surface area contributed by atoms with Crippen LogP contribution in [0.5, 0.6) is 0 Å². The Morgan fingerprint density at radius 2 is 2.31 bits per heavy atom. The summed E-state index contributed by atoms with van der Waals surface area (Å²) in [5, 5.41) is 14.7. The van der Waals surface area contributed by atoms with Gasteiger partial charge in [0.1, 0.15) is 5.40 Å². The van der Waals surface area contributed by atoms with Crippen LogP contribution in [0.2, 0.25) is 0 Å². The second-order valence-corrected chi connectivity index (χ2v) is 4.94. The molecule has 0 amide bonds.